The van der Waals surface area contributed by atoms with Crippen LogP contribution in [0.25, 0.3) is 0 Å². The summed E-state index contributed by atoms with van der Waals surface area (Å²) in [7, 11) is 0. The van der Waals surface area contributed by atoms with Gasteiger partial charge in [0, 0.05) is 5.57 Å². The fraction of sp³-hybridized carbons (Fsp3) is 0.286. The summed E-state index contributed by atoms with van der Waals surface area (Å²) in [5, 5.41) is 0. The van der Waals surface area contributed by atoms with E-state index in [2.05, 4.69) is 24.0 Å². The number of benzene rings is 1. The Labute approximate surface area is 137 Å². The van der Waals surface area contributed by atoms with Gasteiger partial charge < -0.3 is 4.74 Å². The van der Waals surface area contributed by atoms with Gasteiger partial charge in [0.25, 0.3) is 0 Å². The van der Waals surface area contributed by atoms with Crippen molar-refractivity contribution in [3.05, 3.63) is 71.8 Å². The number of hydrogen-bond donors (Lipinski definition) is 0. The third kappa shape index (κ3) is 3.63. The quantitative estimate of drug-likeness (QED) is 0.619. The first kappa shape index (κ1) is 15.4. The molecule has 0 amide bonds. The Hall–Kier alpha value is -2.53. The Morgan fingerprint density at radius 2 is 2.00 bits per heavy atom. The lowest BCUT2D eigenvalue weighted by atomic mass is 9.70. The molecule has 3 unspecified atom stereocenters. The number of hydrogen-bond acceptors (Lipinski definition) is 2. The van der Waals surface area contributed by atoms with Crippen molar-refractivity contribution >= 4 is 5.97 Å². The van der Waals surface area contributed by atoms with Gasteiger partial charge >= 0.3 is 5.97 Å². The number of esters is 1. The molecular formula is C21H20O2. The van der Waals surface area contributed by atoms with Gasteiger partial charge in [-0.05, 0) is 55.6 Å². The molecule has 0 N–H and O–H groups in total. The molecule has 3 rings (SSSR count). The van der Waals surface area contributed by atoms with Gasteiger partial charge in [-0.1, -0.05) is 42.3 Å². The Bertz CT molecular complexity index is 713. The van der Waals surface area contributed by atoms with Crippen molar-refractivity contribution in [3.8, 4) is 11.8 Å². The van der Waals surface area contributed by atoms with Crippen LogP contribution in [0.15, 0.2) is 66.3 Å². The molecule has 1 aromatic rings. The van der Waals surface area contributed by atoms with Crippen LogP contribution in [0, 0.1) is 17.8 Å². The molecule has 0 spiro atoms. The third-order valence-electron chi connectivity index (χ3n) is 4.37. The third-order valence-corrected chi connectivity index (χ3v) is 4.37. The van der Waals surface area contributed by atoms with Crippen molar-refractivity contribution in [2.24, 2.45) is 5.92 Å². The molecule has 0 heterocycles. The molecule has 1 fully saturated rings. The molecule has 0 saturated heterocycles. The predicted octanol–water partition coefficient (Wildman–Crippen LogP) is 4.17. The molecule has 2 aliphatic rings. The van der Waals surface area contributed by atoms with Crippen LogP contribution in [0.4, 0.5) is 0 Å². The summed E-state index contributed by atoms with van der Waals surface area (Å²) in [5.74, 6) is 6.04. The van der Waals surface area contributed by atoms with Crippen LogP contribution in [-0.4, -0.2) is 12.1 Å². The summed E-state index contributed by atoms with van der Waals surface area (Å²) in [5.41, 5.74) is 2.16. The standard InChI is InChI=1S/C21H20O2/c1-2-7-16-8-6-11-18(13-12-16)23-21(22)20-15-14-19(20)17-9-4-3-5-10-17/h3-6,8-13,18-20H,14-15H2,1H3. The molecule has 2 nitrogen and oxygen atoms in total. The van der Waals surface area contributed by atoms with Crippen LogP contribution in [0.2, 0.25) is 0 Å². The van der Waals surface area contributed by atoms with E-state index in [9.17, 15) is 4.79 Å². The minimum atomic E-state index is -0.313. The maximum absolute atomic E-state index is 12.5. The molecule has 116 valence electrons. The van der Waals surface area contributed by atoms with Gasteiger partial charge in [-0.2, -0.15) is 0 Å². The van der Waals surface area contributed by atoms with Crippen LogP contribution in [0.3, 0.4) is 0 Å². The van der Waals surface area contributed by atoms with E-state index in [1.54, 1.807) is 6.92 Å². The molecule has 3 atom stereocenters. The highest BCUT2D eigenvalue weighted by molar-refractivity contribution is 5.75. The van der Waals surface area contributed by atoms with E-state index >= 15 is 0 Å². The number of ether oxygens (including phenoxy) is 1. The van der Waals surface area contributed by atoms with Crippen LogP contribution in [0.1, 0.15) is 31.2 Å². The zero-order valence-corrected chi connectivity index (χ0v) is 13.2. The molecule has 1 aromatic carbocycles. The molecule has 2 heteroatoms. The van der Waals surface area contributed by atoms with E-state index in [0.717, 1.165) is 18.4 Å². The van der Waals surface area contributed by atoms with Crippen molar-refractivity contribution in [2.45, 2.75) is 31.8 Å². The van der Waals surface area contributed by atoms with Crippen molar-refractivity contribution in [1.29, 1.82) is 0 Å². The average molecular weight is 304 g/mol. The molecule has 0 aliphatic heterocycles. The molecule has 0 aromatic heterocycles. The maximum atomic E-state index is 12.5. The second-order valence-electron chi connectivity index (χ2n) is 5.84. The number of carbonyl (C=O) groups excluding carboxylic acids is 1. The maximum Gasteiger partial charge on any atom is 0.310 e. The van der Waals surface area contributed by atoms with Crippen LogP contribution in [0.5, 0.6) is 0 Å². The van der Waals surface area contributed by atoms with E-state index in [1.165, 1.54) is 5.56 Å². The zero-order chi connectivity index (χ0) is 16.1. The van der Waals surface area contributed by atoms with E-state index < -0.39 is 0 Å². The lowest BCUT2D eigenvalue weighted by Crippen LogP contribution is -2.34. The lowest BCUT2D eigenvalue weighted by molar-refractivity contribution is -0.154. The fourth-order valence-electron chi connectivity index (χ4n) is 3.00. The summed E-state index contributed by atoms with van der Waals surface area (Å²) in [6, 6.07) is 10.2. The minimum absolute atomic E-state index is 0.0229. The first-order valence-electron chi connectivity index (χ1n) is 8.03. The largest absolute Gasteiger partial charge is 0.454 e. The second kappa shape index (κ2) is 7.15. The molecule has 0 radical (unpaired) electrons. The van der Waals surface area contributed by atoms with Crippen LogP contribution >= 0.6 is 0 Å². The van der Waals surface area contributed by atoms with Gasteiger partial charge in [0.15, 0.2) is 0 Å². The van der Waals surface area contributed by atoms with Gasteiger partial charge in [0.2, 0.25) is 0 Å². The Morgan fingerprint density at radius 1 is 1.17 bits per heavy atom. The normalized spacial score (nSPS) is 25.4. The molecule has 2 aliphatic carbocycles. The summed E-state index contributed by atoms with van der Waals surface area (Å²) in [4.78, 5) is 12.5. The monoisotopic (exact) mass is 304 g/mol. The smallest absolute Gasteiger partial charge is 0.310 e. The highest BCUT2D eigenvalue weighted by Gasteiger charge is 2.39. The topological polar surface area (TPSA) is 26.3 Å². The second-order valence-corrected chi connectivity index (χ2v) is 5.84. The minimum Gasteiger partial charge on any atom is -0.454 e. The van der Waals surface area contributed by atoms with E-state index in [4.69, 9.17) is 4.74 Å². The Morgan fingerprint density at radius 3 is 2.70 bits per heavy atom. The average Bonchev–Trinajstić information content (AvgIpc) is 2.73. The summed E-state index contributed by atoms with van der Waals surface area (Å²) < 4.78 is 5.66. The number of allylic oxidation sites excluding steroid dienone is 4. The fourth-order valence-corrected chi connectivity index (χ4v) is 3.00. The van der Waals surface area contributed by atoms with Gasteiger partial charge in [0.1, 0.15) is 6.10 Å². The predicted molar refractivity (Wildman–Crippen MR) is 91.6 cm³/mol. The molecule has 23 heavy (non-hydrogen) atoms. The van der Waals surface area contributed by atoms with Crippen LogP contribution in [-0.2, 0) is 9.53 Å². The molecule has 1 saturated carbocycles. The highest BCUT2D eigenvalue weighted by Crippen LogP contribution is 2.43. The summed E-state index contributed by atoms with van der Waals surface area (Å²) >= 11 is 0. The van der Waals surface area contributed by atoms with Crippen molar-refractivity contribution in [3.63, 3.8) is 0 Å². The molecule has 0 bridgehead atoms. The Balaban J connectivity index is 1.62. The van der Waals surface area contributed by atoms with Crippen LogP contribution < -0.4 is 0 Å². The Kier molecular flexibility index (Phi) is 4.78. The van der Waals surface area contributed by atoms with Gasteiger partial charge in [-0.3, -0.25) is 4.79 Å². The van der Waals surface area contributed by atoms with Crippen molar-refractivity contribution in [1.82, 2.24) is 0 Å². The summed E-state index contributed by atoms with van der Waals surface area (Å²) in [6.45, 7) is 1.81. The lowest BCUT2D eigenvalue weighted by Gasteiger charge is -2.35. The number of carbonyl (C=O) groups is 1. The SMILES string of the molecule is CC#CC1=CC=CC(OC(=O)C2CCC2c2ccccc2)C=C1. The van der Waals surface area contributed by atoms with Crippen molar-refractivity contribution < 1.29 is 9.53 Å². The summed E-state index contributed by atoms with van der Waals surface area (Å²) in [6.07, 6.45) is 11.1. The molecular weight excluding hydrogens is 284 g/mol. The highest BCUT2D eigenvalue weighted by atomic mass is 16.5. The van der Waals surface area contributed by atoms with E-state index in [1.807, 2.05) is 48.6 Å². The van der Waals surface area contributed by atoms with Gasteiger partial charge in [-0.15, -0.1) is 5.92 Å². The number of rotatable bonds is 3. The van der Waals surface area contributed by atoms with Gasteiger partial charge in [0.05, 0.1) is 5.92 Å². The van der Waals surface area contributed by atoms with Gasteiger partial charge in [-0.25, -0.2) is 0 Å². The zero-order valence-electron chi connectivity index (χ0n) is 13.2. The first-order valence-corrected chi connectivity index (χ1v) is 8.03. The van der Waals surface area contributed by atoms with E-state index in [-0.39, 0.29) is 18.0 Å². The van der Waals surface area contributed by atoms with E-state index in [0.29, 0.717) is 5.92 Å². The first-order chi connectivity index (χ1) is 11.3. The van der Waals surface area contributed by atoms with Crippen molar-refractivity contribution in [2.75, 3.05) is 0 Å².